The fraction of sp³-hybridized carbons (Fsp3) is 0.125. The Kier molecular flexibility index (Phi) is 3.58. The Morgan fingerprint density at radius 2 is 1.89 bits per heavy atom. The quantitative estimate of drug-likeness (QED) is 0.584. The summed E-state index contributed by atoms with van der Waals surface area (Å²) in [6.07, 6.45) is 0. The van der Waals surface area contributed by atoms with Gasteiger partial charge in [0.15, 0.2) is 0 Å². The van der Waals surface area contributed by atoms with Crippen LogP contribution in [-0.2, 0) is 0 Å². The van der Waals surface area contributed by atoms with Crippen LogP contribution in [0.1, 0.15) is 15.3 Å². The number of alkyl halides is 1. The third-order valence-corrected chi connectivity index (χ3v) is 5.44. The lowest BCUT2D eigenvalue weighted by Gasteiger charge is -2.11. The predicted molar refractivity (Wildman–Crippen MR) is 85.6 cm³/mol. The zero-order chi connectivity index (χ0) is 13.2. The highest BCUT2D eigenvalue weighted by molar-refractivity contribution is 9.09. The number of ether oxygens (including phenoxy) is 1. The summed E-state index contributed by atoms with van der Waals surface area (Å²) in [7, 11) is 1.70. The average Bonchev–Trinajstić information content (AvgIpc) is 2.95. The summed E-state index contributed by atoms with van der Waals surface area (Å²) in [6, 6.07) is 17.0. The van der Waals surface area contributed by atoms with Gasteiger partial charge in [0.05, 0.1) is 11.9 Å². The Morgan fingerprint density at radius 1 is 1.11 bits per heavy atom. The van der Waals surface area contributed by atoms with Gasteiger partial charge < -0.3 is 4.74 Å². The molecule has 1 heterocycles. The van der Waals surface area contributed by atoms with E-state index in [2.05, 4.69) is 64.5 Å². The van der Waals surface area contributed by atoms with Crippen LogP contribution in [0.5, 0.6) is 5.75 Å². The fourth-order valence-corrected chi connectivity index (χ4v) is 3.90. The summed E-state index contributed by atoms with van der Waals surface area (Å²) >= 11 is 5.53. The van der Waals surface area contributed by atoms with E-state index in [1.165, 1.54) is 21.2 Å². The Morgan fingerprint density at radius 3 is 2.68 bits per heavy atom. The molecule has 19 heavy (non-hydrogen) atoms. The van der Waals surface area contributed by atoms with E-state index in [0.29, 0.717) is 0 Å². The number of rotatable bonds is 3. The van der Waals surface area contributed by atoms with E-state index in [1.54, 1.807) is 18.4 Å². The summed E-state index contributed by atoms with van der Waals surface area (Å²) < 4.78 is 5.26. The van der Waals surface area contributed by atoms with Gasteiger partial charge >= 0.3 is 0 Å². The molecular formula is C16H13BrOS. The van der Waals surface area contributed by atoms with Crippen molar-refractivity contribution >= 4 is 38.0 Å². The first kappa shape index (κ1) is 12.7. The molecule has 0 saturated heterocycles. The molecule has 0 aliphatic heterocycles. The molecule has 0 amide bonds. The van der Waals surface area contributed by atoms with Crippen LogP contribution >= 0.6 is 27.3 Å². The minimum Gasteiger partial charge on any atom is -0.496 e. The van der Waals surface area contributed by atoms with Crippen LogP contribution in [0.25, 0.3) is 10.8 Å². The van der Waals surface area contributed by atoms with Gasteiger partial charge in [-0.3, -0.25) is 0 Å². The third-order valence-electron chi connectivity index (χ3n) is 3.18. The standard InChI is InChI=1S/C16H13BrOS/c1-18-12-9-15(19-10-12)16(17)14-8-4-6-11-5-2-3-7-13(11)14/h2-10,16H,1H3. The highest BCUT2D eigenvalue weighted by Crippen LogP contribution is 2.39. The van der Waals surface area contributed by atoms with Crippen LogP contribution in [-0.4, -0.2) is 7.11 Å². The van der Waals surface area contributed by atoms with Crippen molar-refractivity contribution in [1.82, 2.24) is 0 Å². The van der Waals surface area contributed by atoms with E-state index < -0.39 is 0 Å². The fourth-order valence-electron chi connectivity index (χ4n) is 2.20. The molecule has 2 aromatic carbocycles. The lowest BCUT2D eigenvalue weighted by Crippen LogP contribution is -1.91. The number of benzene rings is 2. The number of hydrogen-bond acceptors (Lipinski definition) is 2. The van der Waals surface area contributed by atoms with Gasteiger partial charge in [-0.15, -0.1) is 11.3 Å². The monoisotopic (exact) mass is 332 g/mol. The van der Waals surface area contributed by atoms with Gasteiger partial charge in [0, 0.05) is 10.3 Å². The van der Waals surface area contributed by atoms with E-state index in [-0.39, 0.29) is 4.83 Å². The molecule has 1 aromatic heterocycles. The Bertz CT molecular complexity index is 699. The highest BCUT2D eigenvalue weighted by Gasteiger charge is 2.15. The Balaban J connectivity index is 2.08. The first-order chi connectivity index (χ1) is 9.29. The molecule has 0 saturated carbocycles. The summed E-state index contributed by atoms with van der Waals surface area (Å²) in [5, 5.41) is 4.60. The van der Waals surface area contributed by atoms with Crippen LogP contribution in [0.4, 0.5) is 0 Å². The van der Waals surface area contributed by atoms with E-state index in [1.807, 2.05) is 5.38 Å². The SMILES string of the molecule is COc1csc(C(Br)c2cccc3ccccc23)c1. The van der Waals surface area contributed by atoms with Crippen LogP contribution in [0.2, 0.25) is 0 Å². The molecule has 3 heteroatoms. The zero-order valence-electron chi connectivity index (χ0n) is 10.5. The predicted octanol–water partition coefficient (Wildman–Crippen LogP) is 5.39. The average molecular weight is 333 g/mol. The van der Waals surface area contributed by atoms with E-state index in [9.17, 15) is 0 Å². The second-order valence-corrected chi connectivity index (χ2v) is 6.18. The van der Waals surface area contributed by atoms with Gasteiger partial charge in [0.25, 0.3) is 0 Å². The van der Waals surface area contributed by atoms with Crippen molar-refractivity contribution in [2.45, 2.75) is 4.83 Å². The molecule has 0 aliphatic rings. The molecule has 1 atom stereocenters. The van der Waals surface area contributed by atoms with Crippen molar-refractivity contribution in [2.75, 3.05) is 7.11 Å². The molecular weight excluding hydrogens is 320 g/mol. The van der Waals surface area contributed by atoms with Gasteiger partial charge in [-0.2, -0.15) is 0 Å². The molecule has 0 N–H and O–H groups in total. The minimum absolute atomic E-state index is 0.201. The maximum Gasteiger partial charge on any atom is 0.129 e. The second-order valence-electron chi connectivity index (χ2n) is 4.32. The molecule has 96 valence electrons. The summed E-state index contributed by atoms with van der Waals surface area (Å²) in [5.74, 6) is 0.921. The molecule has 0 spiro atoms. The lowest BCUT2D eigenvalue weighted by molar-refractivity contribution is 0.416. The molecule has 1 unspecified atom stereocenters. The van der Waals surface area contributed by atoms with Crippen LogP contribution in [0, 0.1) is 0 Å². The highest BCUT2D eigenvalue weighted by atomic mass is 79.9. The maximum atomic E-state index is 5.26. The van der Waals surface area contributed by atoms with Crippen molar-refractivity contribution in [1.29, 1.82) is 0 Å². The van der Waals surface area contributed by atoms with Gasteiger partial charge in [-0.1, -0.05) is 58.4 Å². The number of methoxy groups -OCH3 is 1. The summed E-state index contributed by atoms with van der Waals surface area (Å²) in [5.41, 5.74) is 1.29. The number of hydrogen-bond donors (Lipinski definition) is 0. The van der Waals surface area contributed by atoms with E-state index in [4.69, 9.17) is 4.74 Å². The maximum absolute atomic E-state index is 5.26. The van der Waals surface area contributed by atoms with Crippen LogP contribution in [0.15, 0.2) is 53.9 Å². The molecule has 0 aliphatic carbocycles. The molecule has 0 radical (unpaired) electrons. The molecule has 3 aromatic rings. The molecule has 0 bridgehead atoms. The molecule has 0 fully saturated rings. The minimum atomic E-state index is 0.201. The second kappa shape index (κ2) is 5.35. The third kappa shape index (κ3) is 2.40. The Labute approximate surface area is 125 Å². The summed E-state index contributed by atoms with van der Waals surface area (Å²) in [6.45, 7) is 0. The van der Waals surface area contributed by atoms with Crippen molar-refractivity contribution < 1.29 is 4.74 Å². The normalized spacial score (nSPS) is 12.5. The number of thiophene rings is 1. The van der Waals surface area contributed by atoms with Gasteiger partial charge in [0.1, 0.15) is 5.75 Å². The van der Waals surface area contributed by atoms with Crippen molar-refractivity contribution in [3.8, 4) is 5.75 Å². The van der Waals surface area contributed by atoms with Gasteiger partial charge in [0.2, 0.25) is 0 Å². The smallest absolute Gasteiger partial charge is 0.129 e. The van der Waals surface area contributed by atoms with Crippen molar-refractivity contribution in [3.05, 3.63) is 64.4 Å². The molecule has 1 nitrogen and oxygen atoms in total. The number of fused-ring (bicyclic) bond motifs is 1. The first-order valence-electron chi connectivity index (χ1n) is 6.04. The lowest BCUT2D eigenvalue weighted by atomic mass is 10.0. The Hall–Kier alpha value is -1.32. The van der Waals surface area contributed by atoms with Crippen LogP contribution in [0.3, 0.4) is 0 Å². The van der Waals surface area contributed by atoms with Crippen LogP contribution < -0.4 is 4.74 Å². The van der Waals surface area contributed by atoms with E-state index in [0.717, 1.165) is 5.75 Å². The zero-order valence-corrected chi connectivity index (χ0v) is 12.9. The van der Waals surface area contributed by atoms with Gasteiger partial charge in [-0.25, -0.2) is 0 Å². The van der Waals surface area contributed by atoms with Gasteiger partial charge in [-0.05, 0) is 22.4 Å². The summed E-state index contributed by atoms with van der Waals surface area (Å²) in [4.78, 5) is 1.46. The number of halogens is 1. The first-order valence-corrected chi connectivity index (χ1v) is 7.83. The van der Waals surface area contributed by atoms with E-state index >= 15 is 0 Å². The van der Waals surface area contributed by atoms with Crippen molar-refractivity contribution in [3.63, 3.8) is 0 Å². The van der Waals surface area contributed by atoms with Crippen molar-refractivity contribution in [2.24, 2.45) is 0 Å². The molecule has 3 rings (SSSR count). The largest absolute Gasteiger partial charge is 0.496 e. The topological polar surface area (TPSA) is 9.23 Å².